The number of thioether (sulfide) groups is 1. The van der Waals surface area contributed by atoms with Crippen molar-refractivity contribution in [3.05, 3.63) is 66.0 Å². The number of benzene rings is 2. The van der Waals surface area contributed by atoms with E-state index in [1.54, 1.807) is 30.0 Å². The Kier molecular flexibility index (Phi) is 11.3. The van der Waals surface area contributed by atoms with Crippen LogP contribution in [0, 0.1) is 5.82 Å². The number of guanidine groups is 1. The van der Waals surface area contributed by atoms with Crippen molar-refractivity contribution >= 4 is 41.7 Å². The third-order valence-corrected chi connectivity index (χ3v) is 4.45. The minimum atomic E-state index is -0.963. The van der Waals surface area contributed by atoms with E-state index < -0.39 is 11.9 Å². The van der Waals surface area contributed by atoms with Gasteiger partial charge in [-0.1, -0.05) is 36.4 Å². The van der Waals surface area contributed by atoms with Crippen molar-refractivity contribution in [3.8, 4) is 0 Å². The standard InChI is InChI=1S/C19H24FN3OS.HI/c1-2-21-19(22-12-13-25-15-8-4-3-5-9-15)23-14-18(24)16-10-6-7-11-17(16)20;/h3-11,18,24H,2,12-14H2,1H3,(H2,21,22,23);1H. The SMILES string of the molecule is CCNC(=NCC(O)c1ccccc1F)NCCSc1ccccc1.I. The van der Waals surface area contributed by atoms with Gasteiger partial charge in [0.25, 0.3) is 0 Å². The van der Waals surface area contributed by atoms with Gasteiger partial charge in [-0.3, -0.25) is 4.99 Å². The van der Waals surface area contributed by atoms with E-state index in [0.717, 1.165) is 12.3 Å². The first-order chi connectivity index (χ1) is 12.2. The van der Waals surface area contributed by atoms with Crippen molar-refractivity contribution in [3.63, 3.8) is 0 Å². The molecule has 0 bridgehead atoms. The second kappa shape index (κ2) is 12.9. The Balaban J connectivity index is 0.00000338. The van der Waals surface area contributed by atoms with Gasteiger partial charge >= 0.3 is 0 Å². The molecule has 2 aromatic rings. The third kappa shape index (κ3) is 7.92. The number of hydrogen-bond acceptors (Lipinski definition) is 3. The molecule has 0 saturated heterocycles. The quantitative estimate of drug-likeness (QED) is 0.174. The van der Waals surface area contributed by atoms with Gasteiger partial charge in [-0.05, 0) is 25.1 Å². The van der Waals surface area contributed by atoms with Gasteiger partial charge in [0.15, 0.2) is 5.96 Å². The molecule has 0 radical (unpaired) electrons. The predicted molar refractivity (Wildman–Crippen MR) is 118 cm³/mol. The summed E-state index contributed by atoms with van der Waals surface area (Å²) >= 11 is 1.76. The van der Waals surface area contributed by atoms with Gasteiger partial charge in [0.05, 0.1) is 6.54 Å². The van der Waals surface area contributed by atoms with E-state index in [2.05, 4.69) is 27.8 Å². The Bertz CT molecular complexity index is 673. The van der Waals surface area contributed by atoms with Crippen molar-refractivity contribution in [2.24, 2.45) is 4.99 Å². The van der Waals surface area contributed by atoms with Crippen LogP contribution in [0.15, 0.2) is 64.5 Å². The first-order valence-corrected chi connectivity index (χ1v) is 9.31. The molecule has 0 spiro atoms. The summed E-state index contributed by atoms with van der Waals surface area (Å²) in [5, 5.41) is 16.5. The number of nitrogens with zero attached hydrogens (tertiary/aromatic N) is 1. The van der Waals surface area contributed by atoms with Gasteiger partial charge < -0.3 is 15.7 Å². The maximum absolute atomic E-state index is 13.7. The summed E-state index contributed by atoms with van der Waals surface area (Å²) in [6.07, 6.45) is -0.963. The number of hydrogen-bond donors (Lipinski definition) is 3. The number of aliphatic hydroxyl groups is 1. The van der Waals surface area contributed by atoms with Crippen LogP contribution in [0.4, 0.5) is 4.39 Å². The van der Waals surface area contributed by atoms with Crippen LogP contribution >= 0.6 is 35.7 Å². The normalized spacial score (nSPS) is 12.2. The Hall–Kier alpha value is -1.32. The predicted octanol–water partition coefficient (Wildman–Crippen LogP) is 3.82. The van der Waals surface area contributed by atoms with Gasteiger partial charge in [0, 0.05) is 29.3 Å². The molecule has 1 unspecified atom stereocenters. The zero-order valence-electron chi connectivity index (χ0n) is 14.7. The monoisotopic (exact) mass is 489 g/mol. The van der Waals surface area contributed by atoms with Crippen molar-refractivity contribution in [2.45, 2.75) is 17.9 Å². The van der Waals surface area contributed by atoms with Crippen molar-refractivity contribution in [2.75, 3.05) is 25.4 Å². The molecule has 0 heterocycles. The van der Waals surface area contributed by atoms with Gasteiger partial charge in [-0.25, -0.2) is 4.39 Å². The van der Waals surface area contributed by atoms with Crippen LogP contribution in [0.5, 0.6) is 0 Å². The van der Waals surface area contributed by atoms with E-state index in [1.807, 2.05) is 25.1 Å². The highest BCUT2D eigenvalue weighted by molar-refractivity contribution is 14.0. The van der Waals surface area contributed by atoms with Crippen LogP contribution in [0.1, 0.15) is 18.6 Å². The summed E-state index contributed by atoms with van der Waals surface area (Å²) in [7, 11) is 0. The van der Waals surface area contributed by atoms with Crippen LogP contribution in [-0.4, -0.2) is 36.5 Å². The van der Waals surface area contributed by atoms with Crippen LogP contribution in [0.2, 0.25) is 0 Å². The lowest BCUT2D eigenvalue weighted by atomic mass is 10.1. The fourth-order valence-corrected chi connectivity index (χ4v) is 3.01. The molecule has 2 aromatic carbocycles. The van der Waals surface area contributed by atoms with Gasteiger partial charge in [-0.15, -0.1) is 35.7 Å². The number of halogens is 2. The lowest BCUT2D eigenvalue weighted by molar-refractivity contribution is 0.182. The molecule has 142 valence electrons. The highest BCUT2D eigenvalue weighted by Crippen LogP contribution is 2.17. The first kappa shape index (κ1) is 22.7. The van der Waals surface area contributed by atoms with Gasteiger partial charge in [-0.2, -0.15) is 0 Å². The van der Waals surface area contributed by atoms with Gasteiger partial charge in [0.1, 0.15) is 11.9 Å². The van der Waals surface area contributed by atoms with Crippen LogP contribution in [0.3, 0.4) is 0 Å². The maximum atomic E-state index is 13.7. The minimum Gasteiger partial charge on any atom is -0.386 e. The highest BCUT2D eigenvalue weighted by Gasteiger charge is 2.11. The van der Waals surface area contributed by atoms with E-state index in [4.69, 9.17) is 0 Å². The third-order valence-electron chi connectivity index (χ3n) is 3.44. The Morgan fingerprint density at radius 1 is 1.12 bits per heavy atom. The molecule has 0 aliphatic rings. The lowest BCUT2D eigenvalue weighted by Gasteiger charge is -2.13. The molecule has 0 saturated carbocycles. The Labute approximate surface area is 175 Å². The van der Waals surface area contributed by atoms with Crippen LogP contribution < -0.4 is 10.6 Å². The second-order valence-corrected chi connectivity index (χ2v) is 6.51. The van der Waals surface area contributed by atoms with E-state index in [0.29, 0.717) is 12.5 Å². The molecule has 1 atom stereocenters. The summed E-state index contributed by atoms with van der Waals surface area (Å²) < 4.78 is 13.7. The average molecular weight is 489 g/mol. The molecule has 0 fully saturated rings. The highest BCUT2D eigenvalue weighted by atomic mass is 127. The van der Waals surface area contributed by atoms with Crippen LogP contribution in [0.25, 0.3) is 0 Å². The second-order valence-electron chi connectivity index (χ2n) is 5.35. The molecular weight excluding hydrogens is 464 g/mol. The summed E-state index contributed by atoms with van der Waals surface area (Å²) in [5.41, 5.74) is 0.265. The van der Waals surface area contributed by atoms with Crippen molar-refractivity contribution in [1.82, 2.24) is 10.6 Å². The molecule has 0 aliphatic heterocycles. The molecule has 4 nitrogen and oxygen atoms in total. The van der Waals surface area contributed by atoms with Crippen molar-refractivity contribution < 1.29 is 9.50 Å². The van der Waals surface area contributed by atoms with Crippen molar-refractivity contribution in [1.29, 1.82) is 0 Å². The average Bonchev–Trinajstić information content (AvgIpc) is 2.64. The summed E-state index contributed by atoms with van der Waals surface area (Å²) in [6, 6.07) is 16.4. The Morgan fingerprint density at radius 3 is 2.50 bits per heavy atom. The number of rotatable bonds is 8. The molecule has 0 amide bonds. The zero-order chi connectivity index (χ0) is 17.9. The smallest absolute Gasteiger partial charge is 0.191 e. The fourth-order valence-electron chi connectivity index (χ4n) is 2.22. The van der Waals surface area contributed by atoms with Gasteiger partial charge in [0.2, 0.25) is 0 Å². The first-order valence-electron chi connectivity index (χ1n) is 8.33. The van der Waals surface area contributed by atoms with E-state index in [1.165, 1.54) is 11.0 Å². The zero-order valence-corrected chi connectivity index (χ0v) is 17.8. The summed E-state index contributed by atoms with van der Waals surface area (Å²) in [4.78, 5) is 5.57. The molecule has 2 rings (SSSR count). The molecular formula is C19H25FIN3OS. The molecule has 0 aromatic heterocycles. The topological polar surface area (TPSA) is 56.7 Å². The fraction of sp³-hybridized carbons (Fsp3) is 0.316. The molecule has 3 N–H and O–H groups in total. The summed E-state index contributed by atoms with van der Waals surface area (Å²) in [6.45, 7) is 3.53. The minimum absolute atomic E-state index is 0. The van der Waals surface area contributed by atoms with E-state index >= 15 is 0 Å². The molecule has 7 heteroatoms. The number of aliphatic imine (C=N–C) groups is 1. The summed E-state index contributed by atoms with van der Waals surface area (Å²) in [5.74, 6) is 1.10. The molecule has 0 aliphatic carbocycles. The maximum Gasteiger partial charge on any atom is 0.191 e. The largest absolute Gasteiger partial charge is 0.386 e. The van der Waals surface area contributed by atoms with Crippen LogP contribution in [-0.2, 0) is 0 Å². The van der Waals surface area contributed by atoms with E-state index in [9.17, 15) is 9.50 Å². The van der Waals surface area contributed by atoms with E-state index in [-0.39, 0.29) is 36.1 Å². The Morgan fingerprint density at radius 2 is 1.81 bits per heavy atom. The number of nitrogens with one attached hydrogen (secondary N) is 2. The number of aliphatic hydroxyl groups excluding tert-OH is 1. The lowest BCUT2D eigenvalue weighted by Crippen LogP contribution is -2.38. The molecule has 26 heavy (non-hydrogen) atoms.